The normalized spacial score (nSPS) is 20.4. The van der Waals surface area contributed by atoms with Crippen LogP contribution in [0, 0.1) is 5.92 Å². The van der Waals surface area contributed by atoms with Gasteiger partial charge in [0.1, 0.15) is 0 Å². The highest BCUT2D eigenvalue weighted by molar-refractivity contribution is 5.78. The van der Waals surface area contributed by atoms with Crippen LogP contribution in [0.15, 0.2) is 30.3 Å². The molecule has 2 rings (SSSR count). The van der Waals surface area contributed by atoms with E-state index in [2.05, 4.69) is 29.3 Å². The molecule has 2 N–H and O–H groups in total. The Morgan fingerprint density at radius 3 is 2.81 bits per heavy atom. The SMILES string of the molecule is CCCC(NC(=O)CN1CCC(CO)C1)c1ccccc1. The van der Waals surface area contributed by atoms with Gasteiger partial charge < -0.3 is 10.4 Å². The van der Waals surface area contributed by atoms with E-state index in [1.54, 1.807) is 0 Å². The largest absolute Gasteiger partial charge is 0.396 e. The first-order chi connectivity index (χ1) is 10.2. The number of nitrogens with one attached hydrogen (secondary N) is 1. The molecule has 4 nitrogen and oxygen atoms in total. The minimum Gasteiger partial charge on any atom is -0.396 e. The van der Waals surface area contributed by atoms with E-state index in [0.29, 0.717) is 12.5 Å². The maximum atomic E-state index is 12.2. The summed E-state index contributed by atoms with van der Waals surface area (Å²) in [5.41, 5.74) is 1.17. The fourth-order valence-electron chi connectivity index (χ4n) is 2.94. The minimum atomic E-state index is 0.0795. The highest BCUT2D eigenvalue weighted by Crippen LogP contribution is 2.19. The van der Waals surface area contributed by atoms with Gasteiger partial charge >= 0.3 is 0 Å². The Balaban J connectivity index is 1.87. The molecule has 1 heterocycles. The predicted octanol–water partition coefficient (Wildman–Crippen LogP) is 1.96. The Morgan fingerprint density at radius 1 is 1.43 bits per heavy atom. The second-order valence-electron chi connectivity index (χ2n) is 5.89. The first kappa shape index (κ1) is 16.0. The standard InChI is InChI=1S/C17H26N2O2/c1-2-6-16(15-7-4-3-5-8-15)18-17(21)12-19-10-9-14(11-19)13-20/h3-5,7-8,14,16,20H,2,6,9-13H2,1H3,(H,18,21). The lowest BCUT2D eigenvalue weighted by atomic mass is 10.0. The molecule has 1 fully saturated rings. The number of rotatable bonds is 7. The molecule has 0 saturated carbocycles. The molecule has 1 amide bonds. The van der Waals surface area contributed by atoms with Crippen molar-refractivity contribution in [2.45, 2.75) is 32.2 Å². The van der Waals surface area contributed by atoms with E-state index in [1.165, 1.54) is 5.56 Å². The average molecular weight is 290 g/mol. The molecule has 2 atom stereocenters. The number of likely N-dealkylation sites (tertiary alicyclic amines) is 1. The van der Waals surface area contributed by atoms with Gasteiger partial charge in [0.2, 0.25) is 5.91 Å². The molecule has 1 aliphatic rings. The van der Waals surface area contributed by atoms with Crippen molar-refractivity contribution >= 4 is 5.91 Å². The summed E-state index contributed by atoms with van der Waals surface area (Å²) in [6, 6.07) is 10.2. The van der Waals surface area contributed by atoms with Crippen LogP contribution in [0.3, 0.4) is 0 Å². The number of hydrogen-bond donors (Lipinski definition) is 2. The van der Waals surface area contributed by atoms with Crippen molar-refractivity contribution in [3.63, 3.8) is 0 Å². The molecule has 1 aliphatic heterocycles. The summed E-state index contributed by atoms with van der Waals surface area (Å²) < 4.78 is 0. The van der Waals surface area contributed by atoms with Gasteiger partial charge in [0.15, 0.2) is 0 Å². The zero-order chi connectivity index (χ0) is 15.1. The van der Waals surface area contributed by atoms with Gasteiger partial charge in [-0.05, 0) is 30.9 Å². The van der Waals surface area contributed by atoms with Gasteiger partial charge in [0.05, 0.1) is 12.6 Å². The fraction of sp³-hybridized carbons (Fsp3) is 0.588. The lowest BCUT2D eigenvalue weighted by Gasteiger charge is -2.21. The van der Waals surface area contributed by atoms with Crippen LogP contribution in [-0.2, 0) is 4.79 Å². The molecule has 4 heteroatoms. The molecule has 0 radical (unpaired) electrons. The second kappa shape index (κ2) is 8.15. The van der Waals surface area contributed by atoms with Crippen LogP contribution in [0.5, 0.6) is 0 Å². The molecule has 1 aromatic carbocycles. The summed E-state index contributed by atoms with van der Waals surface area (Å²) in [5, 5.41) is 12.3. The van der Waals surface area contributed by atoms with Crippen molar-refractivity contribution in [3.05, 3.63) is 35.9 Å². The van der Waals surface area contributed by atoms with Gasteiger partial charge in [-0.25, -0.2) is 0 Å². The molecule has 0 spiro atoms. The van der Waals surface area contributed by atoms with Crippen molar-refractivity contribution in [3.8, 4) is 0 Å². The molecule has 21 heavy (non-hydrogen) atoms. The van der Waals surface area contributed by atoms with Gasteiger partial charge in [-0.1, -0.05) is 43.7 Å². The first-order valence-electron chi connectivity index (χ1n) is 7.90. The number of aliphatic hydroxyl groups is 1. The summed E-state index contributed by atoms with van der Waals surface area (Å²) in [4.78, 5) is 14.4. The Bertz CT molecular complexity index is 436. The summed E-state index contributed by atoms with van der Waals surface area (Å²) in [7, 11) is 0. The number of amides is 1. The summed E-state index contributed by atoms with van der Waals surface area (Å²) >= 11 is 0. The van der Waals surface area contributed by atoms with E-state index >= 15 is 0 Å². The molecule has 2 unspecified atom stereocenters. The number of nitrogens with zero attached hydrogens (tertiary/aromatic N) is 1. The quantitative estimate of drug-likeness (QED) is 0.807. The minimum absolute atomic E-state index is 0.0795. The van der Waals surface area contributed by atoms with E-state index in [-0.39, 0.29) is 18.6 Å². The lowest BCUT2D eigenvalue weighted by Crippen LogP contribution is -2.38. The van der Waals surface area contributed by atoms with Gasteiger partial charge in [-0.15, -0.1) is 0 Å². The zero-order valence-corrected chi connectivity index (χ0v) is 12.8. The second-order valence-corrected chi connectivity index (χ2v) is 5.89. The first-order valence-corrected chi connectivity index (χ1v) is 7.90. The highest BCUT2D eigenvalue weighted by Gasteiger charge is 2.24. The van der Waals surface area contributed by atoms with Crippen LogP contribution in [-0.4, -0.2) is 42.2 Å². The Morgan fingerprint density at radius 2 is 2.19 bits per heavy atom. The van der Waals surface area contributed by atoms with Crippen molar-refractivity contribution < 1.29 is 9.90 Å². The van der Waals surface area contributed by atoms with Crippen molar-refractivity contribution in [2.75, 3.05) is 26.2 Å². The topological polar surface area (TPSA) is 52.6 Å². The van der Waals surface area contributed by atoms with Crippen LogP contribution < -0.4 is 5.32 Å². The van der Waals surface area contributed by atoms with Gasteiger partial charge in [0.25, 0.3) is 0 Å². The van der Waals surface area contributed by atoms with E-state index < -0.39 is 0 Å². The molecular formula is C17H26N2O2. The molecule has 0 aromatic heterocycles. The van der Waals surface area contributed by atoms with Gasteiger partial charge in [-0.3, -0.25) is 9.69 Å². The van der Waals surface area contributed by atoms with Crippen molar-refractivity contribution in [1.82, 2.24) is 10.2 Å². The van der Waals surface area contributed by atoms with Crippen LogP contribution in [0.1, 0.15) is 37.8 Å². The number of hydrogen-bond acceptors (Lipinski definition) is 3. The lowest BCUT2D eigenvalue weighted by molar-refractivity contribution is -0.122. The van der Waals surface area contributed by atoms with E-state index in [4.69, 9.17) is 5.11 Å². The molecule has 1 saturated heterocycles. The number of carbonyl (C=O) groups is 1. The monoisotopic (exact) mass is 290 g/mol. The summed E-state index contributed by atoms with van der Waals surface area (Å²) in [6.07, 6.45) is 2.98. The summed E-state index contributed by atoms with van der Waals surface area (Å²) in [5.74, 6) is 0.411. The zero-order valence-electron chi connectivity index (χ0n) is 12.8. The highest BCUT2D eigenvalue weighted by atomic mass is 16.3. The fourth-order valence-corrected chi connectivity index (χ4v) is 2.94. The number of carbonyl (C=O) groups excluding carboxylic acids is 1. The smallest absolute Gasteiger partial charge is 0.234 e. The third kappa shape index (κ3) is 4.83. The Hall–Kier alpha value is -1.39. The van der Waals surface area contributed by atoms with E-state index in [0.717, 1.165) is 32.4 Å². The van der Waals surface area contributed by atoms with Gasteiger partial charge in [0, 0.05) is 13.2 Å². The maximum Gasteiger partial charge on any atom is 0.234 e. The van der Waals surface area contributed by atoms with Crippen LogP contribution in [0.25, 0.3) is 0 Å². The third-order valence-electron chi connectivity index (χ3n) is 4.11. The molecule has 0 bridgehead atoms. The number of benzene rings is 1. The molecular weight excluding hydrogens is 264 g/mol. The van der Waals surface area contributed by atoms with E-state index in [1.807, 2.05) is 18.2 Å². The van der Waals surface area contributed by atoms with Crippen LogP contribution in [0.4, 0.5) is 0 Å². The molecule has 0 aliphatic carbocycles. The van der Waals surface area contributed by atoms with Crippen molar-refractivity contribution in [1.29, 1.82) is 0 Å². The third-order valence-corrected chi connectivity index (χ3v) is 4.11. The van der Waals surface area contributed by atoms with Gasteiger partial charge in [-0.2, -0.15) is 0 Å². The summed E-state index contributed by atoms with van der Waals surface area (Å²) in [6.45, 7) is 4.52. The maximum absolute atomic E-state index is 12.2. The predicted molar refractivity (Wildman–Crippen MR) is 83.9 cm³/mol. The molecule has 1 aromatic rings. The van der Waals surface area contributed by atoms with Crippen LogP contribution >= 0.6 is 0 Å². The van der Waals surface area contributed by atoms with Crippen LogP contribution in [0.2, 0.25) is 0 Å². The Labute approximate surface area is 127 Å². The average Bonchev–Trinajstić information content (AvgIpc) is 2.95. The van der Waals surface area contributed by atoms with Crippen molar-refractivity contribution in [2.24, 2.45) is 5.92 Å². The number of aliphatic hydroxyl groups excluding tert-OH is 1. The Kier molecular flexibility index (Phi) is 6.21. The molecule has 116 valence electrons. The van der Waals surface area contributed by atoms with E-state index in [9.17, 15) is 4.79 Å².